The molecule has 0 heterocycles. The van der Waals surface area contributed by atoms with Crippen molar-refractivity contribution in [2.24, 2.45) is 0 Å². The van der Waals surface area contributed by atoms with Crippen LogP contribution in [-0.4, -0.2) is 0 Å². The Morgan fingerprint density at radius 3 is 1.77 bits per heavy atom. The average molecular weight is 417 g/mol. The van der Waals surface area contributed by atoms with Gasteiger partial charge in [-0.3, -0.25) is 0 Å². The predicted molar refractivity (Wildman–Crippen MR) is 84.2 cm³/mol. The smallest absolute Gasteiger partial charge is 1.00 e. The van der Waals surface area contributed by atoms with Crippen molar-refractivity contribution < 1.29 is 51.0 Å². The fourth-order valence-electron chi connectivity index (χ4n) is 3.05. The third kappa shape index (κ3) is 6.34. The van der Waals surface area contributed by atoms with E-state index in [-0.39, 0.29) is 51.0 Å². The first-order chi connectivity index (χ1) is 9.09. The maximum atomic E-state index is 2.26. The van der Waals surface area contributed by atoms with Crippen LogP contribution >= 0.6 is 0 Å². The molecule has 1 aliphatic carbocycles. The van der Waals surface area contributed by atoms with Gasteiger partial charge in [0.05, 0.1) is 0 Å². The molecule has 120 valence electrons. The fourth-order valence-corrected chi connectivity index (χ4v) is 3.05. The zero-order chi connectivity index (χ0) is 13.8. The molecule has 0 bridgehead atoms. The van der Waals surface area contributed by atoms with Gasteiger partial charge in [0, 0.05) is 0 Å². The van der Waals surface area contributed by atoms with Gasteiger partial charge >= 0.3 is 26.2 Å². The van der Waals surface area contributed by atoms with Crippen molar-refractivity contribution in [3.05, 3.63) is 58.1 Å². The van der Waals surface area contributed by atoms with Gasteiger partial charge in [-0.05, 0) is 0 Å². The summed E-state index contributed by atoms with van der Waals surface area (Å²) < 4.78 is 0. The normalized spacial score (nSPS) is 13.3. The van der Waals surface area contributed by atoms with E-state index in [1.807, 2.05) is 0 Å². The Hall–Kier alpha value is 0.163. The number of aryl methyl sites for hydroxylation is 2. The van der Waals surface area contributed by atoms with E-state index in [4.69, 9.17) is 0 Å². The van der Waals surface area contributed by atoms with Crippen molar-refractivity contribution in [3.8, 4) is 0 Å². The SMILES string of the molecule is Cc1c[c-](C)c(C)c1C.[Cl-].[Cl-].[Zr+4].c1cc[c-](C2CCCC2)c1. The van der Waals surface area contributed by atoms with Crippen LogP contribution in [0.2, 0.25) is 0 Å². The van der Waals surface area contributed by atoms with E-state index in [9.17, 15) is 0 Å². The minimum Gasteiger partial charge on any atom is -1.00 e. The van der Waals surface area contributed by atoms with Crippen molar-refractivity contribution in [1.29, 1.82) is 0 Å². The van der Waals surface area contributed by atoms with E-state index in [1.54, 1.807) is 5.56 Å². The van der Waals surface area contributed by atoms with Gasteiger partial charge in [-0.15, -0.1) is 0 Å². The predicted octanol–water partition coefficient (Wildman–Crippen LogP) is -0.292. The summed E-state index contributed by atoms with van der Waals surface area (Å²) in [4.78, 5) is 0. The van der Waals surface area contributed by atoms with Gasteiger partial charge in [0.25, 0.3) is 0 Å². The zero-order valence-corrected chi connectivity index (χ0v) is 18.0. The van der Waals surface area contributed by atoms with Crippen LogP contribution < -0.4 is 24.8 Å². The van der Waals surface area contributed by atoms with E-state index in [0.29, 0.717) is 0 Å². The van der Waals surface area contributed by atoms with Gasteiger partial charge in [-0.1, -0.05) is 59.3 Å². The molecule has 0 unspecified atom stereocenters. The van der Waals surface area contributed by atoms with Gasteiger partial charge in [-0.2, -0.15) is 46.0 Å². The maximum Gasteiger partial charge on any atom is 4.00 e. The summed E-state index contributed by atoms with van der Waals surface area (Å²) >= 11 is 0. The number of halogens is 2. The Morgan fingerprint density at radius 1 is 0.955 bits per heavy atom. The molecule has 2 aromatic carbocycles. The largest absolute Gasteiger partial charge is 4.00 e. The summed E-state index contributed by atoms with van der Waals surface area (Å²) in [5, 5.41) is 0. The molecule has 2 aromatic rings. The van der Waals surface area contributed by atoms with Crippen LogP contribution in [0.25, 0.3) is 0 Å². The monoisotopic (exact) mass is 414 g/mol. The van der Waals surface area contributed by atoms with Crippen molar-refractivity contribution in [1.82, 2.24) is 0 Å². The summed E-state index contributed by atoms with van der Waals surface area (Å²) in [6.45, 7) is 8.68. The zero-order valence-electron chi connectivity index (χ0n) is 14.0. The second-order valence-corrected chi connectivity index (χ2v) is 5.96. The van der Waals surface area contributed by atoms with Gasteiger partial charge < -0.3 is 24.8 Å². The first-order valence-electron chi connectivity index (χ1n) is 7.51. The molecule has 1 saturated carbocycles. The number of hydrogen-bond acceptors (Lipinski definition) is 0. The first kappa shape index (κ1) is 24.4. The summed E-state index contributed by atoms with van der Waals surface area (Å²) in [6.07, 6.45) is 5.72. The molecule has 0 nitrogen and oxygen atoms in total. The van der Waals surface area contributed by atoms with Crippen LogP contribution in [0.5, 0.6) is 0 Å². The molecule has 3 heteroatoms. The molecule has 0 radical (unpaired) electrons. The molecule has 0 saturated heterocycles. The number of rotatable bonds is 1. The standard InChI is InChI=1S/C10H13.C9H13.2ClH.Zr/c1-2-6-9(5-1)10-7-3-4-8-10;1-6-5-7(2)9(4)8(6)3;;;/h1-2,5-6,10H,3-4,7-8H2;5H,1-4H3;2*1H;/q2*-1;;;+4/p-2. The van der Waals surface area contributed by atoms with Crippen LogP contribution in [0.4, 0.5) is 0 Å². The fraction of sp³-hybridized carbons (Fsp3) is 0.474. The van der Waals surface area contributed by atoms with Crippen LogP contribution in [0.15, 0.2) is 30.3 Å². The Labute approximate surface area is 167 Å². The van der Waals surface area contributed by atoms with Crippen LogP contribution in [0.1, 0.15) is 59.4 Å². The Kier molecular flexibility index (Phi) is 12.9. The van der Waals surface area contributed by atoms with E-state index < -0.39 is 0 Å². The van der Waals surface area contributed by atoms with Crippen LogP contribution in [0, 0.1) is 27.7 Å². The second-order valence-electron chi connectivity index (χ2n) is 5.96. The van der Waals surface area contributed by atoms with Gasteiger partial charge in [0.1, 0.15) is 0 Å². The van der Waals surface area contributed by atoms with Gasteiger partial charge in [0.15, 0.2) is 0 Å². The van der Waals surface area contributed by atoms with Gasteiger partial charge in [-0.25, -0.2) is 12.1 Å². The Bertz CT molecular complexity index is 483. The topological polar surface area (TPSA) is 0 Å². The van der Waals surface area contributed by atoms with Gasteiger partial charge in [0.2, 0.25) is 0 Å². The Morgan fingerprint density at radius 2 is 1.45 bits per heavy atom. The molecular formula is C19H26Cl2Zr. The summed E-state index contributed by atoms with van der Waals surface area (Å²) in [5.74, 6) is 0.898. The van der Waals surface area contributed by atoms with Crippen LogP contribution in [-0.2, 0) is 26.2 Å². The molecule has 0 aromatic heterocycles. The number of hydrogen-bond donors (Lipinski definition) is 0. The van der Waals surface area contributed by atoms with Crippen LogP contribution in [0.3, 0.4) is 0 Å². The van der Waals surface area contributed by atoms with Crippen molar-refractivity contribution in [2.45, 2.75) is 59.3 Å². The van der Waals surface area contributed by atoms with E-state index in [2.05, 4.69) is 58.0 Å². The molecule has 1 aliphatic rings. The average Bonchev–Trinajstić information content (AvgIpc) is 3.11. The third-order valence-electron chi connectivity index (χ3n) is 4.69. The molecule has 0 N–H and O–H groups in total. The van der Waals surface area contributed by atoms with Crippen molar-refractivity contribution in [3.63, 3.8) is 0 Å². The molecule has 0 spiro atoms. The van der Waals surface area contributed by atoms with E-state index in [0.717, 1.165) is 5.92 Å². The summed E-state index contributed by atoms with van der Waals surface area (Å²) in [5.41, 5.74) is 7.31. The molecule has 3 rings (SSSR count). The van der Waals surface area contributed by atoms with Crippen molar-refractivity contribution in [2.75, 3.05) is 0 Å². The first-order valence-corrected chi connectivity index (χ1v) is 7.51. The Balaban J connectivity index is 0. The summed E-state index contributed by atoms with van der Waals surface area (Å²) in [6, 6.07) is 11.1. The maximum absolute atomic E-state index is 2.26. The molecular weight excluding hydrogens is 390 g/mol. The second kappa shape index (κ2) is 11.7. The molecule has 1 fully saturated rings. The quantitative estimate of drug-likeness (QED) is 0.561. The van der Waals surface area contributed by atoms with E-state index >= 15 is 0 Å². The minimum atomic E-state index is 0. The molecule has 0 aliphatic heterocycles. The molecule has 0 atom stereocenters. The molecule has 0 amide bonds. The van der Waals surface area contributed by atoms with E-state index in [1.165, 1.54) is 47.9 Å². The third-order valence-corrected chi connectivity index (χ3v) is 4.69. The van der Waals surface area contributed by atoms with Crippen molar-refractivity contribution >= 4 is 0 Å². The summed E-state index contributed by atoms with van der Waals surface area (Å²) in [7, 11) is 0. The molecule has 22 heavy (non-hydrogen) atoms. The minimum absolute atomic E-state index is 0.